The lowest BCUT2D eigenvalue weighted by Gasteiger charge is -2.20. The van der Waals surface area contributed by atoms with Crippen molar-refractivity contribution in [1.82, 2.24) is 20.4 Å². The van der Waals surface area contributed by atoms with Crippen molar-refractivity contribution in [2.24, 2.45) is 0 Å². The summed E-state index contributed by atoms with van der Waals surface area (Å²) < 4.78 is 10.3. The maximum atomic E-state index is 5.27. The zero-order chi connectivity index (χ0) is 15.2. The van der Waals surface area contributed by atoms with Crippen LogP contribution in [0.2, 0.25) is 0 Å². The molecular formula is C15H21N5O2. The molecule has 0 saturated carbocycles. The first-order valence-corrected chi connectivity index (χ1v) is 7.60. The Hall–Kier alpha value is -1.99. The molecule has 3 heterocycles. The number of hydrogen-bond donors (Lipinski definition) is 1. The second kappa shape index (κ2) is 7.33. The van der Waals surface area contributed by atoms with Gasteiger partial charge in [-0.3, -0.25) is 0 Å². The van der Waals surface area contributed by atoms with Crippen molar-refractivity contribution < 1.29 is 9.26 Å². The van der Waals surface area contributed by atoms with Crippen molar-refractivity contribution in [1.29, 1.82) is 0 Å². The quantitative estimate of drug-likeness (QED) is 0.887. The second-order valence-electron chi connectivity index (χ2n) is 5.25. The van der Waals surface area contributed by atoms with E-state index in [0.717, 1.165) is 44.0 Å². The molecule has 1 fully saturated rings. The Morgan fingerprint density at radius 2 is 2.27 bits per heavy atom. The third-order valence-corrected chi connectivity index (χ3v) is 3.66. The van der Waals surface area contributed by atoms with Crippen molar-refractivity contribution in [3.05, 3.63) is 24.2 Å². The number of rotatable bonds is 5. The van der Waals surface area contributed by atoms with Crippen LogP contribution in [-0.4, -0.2) is 55.0 Å². The lowest BCUT2D eigenvalue weighted by molar-refractivity contribution is 0.199. The van der Waals surface area contributed by atoms with Crippen LogP contribution in [0, 0.1) is 0 Å². The normalized spacial score (nSPS) is 15.8. The van der Waals surface area contributed by atoms with Crippen LogP contribution in [0.3, 0.4) is 0 Å². The van der Waals surface area contributed by atoms with Crippen molar-refractivity contribution in [2.75, 3.05) is 44.8 Å². The first kappa shape index (κ1) is 14.9. The molecule has 0 aliphatic carbocycles. The Balaban J connectivity index is 1.69. The Morgan fingerprint density at radius 3 is 3.09 bits per heavy atom. The highest BCUT2D eigenvalue weighted by molar-refractivity contribution is 5.54. The lowest BCUT2D eigenvalue weighted by atomic mass is 10.2. The lowest BCUT2D eigenvalue weighted by Crippen LogP contribution is -2.28. The summed E-state index contributed by atoms with van der Waals surface area (Å²) >= 11 is 0. The van der Waals surface area contributed by atoms with Gasteiger partial charge in [0.1, 0.15) is 5.82 Å². The molecule has 2 aromatic rings. The molecule has 2 aromatic heterocycles. The highest BCUT2D eigenvalue weighted by Crippen LogP contribution is 2.20. The molecule has 3 rings (SSSR count). The summed E-state index contributed by atoms with van der Waals surface area (Å²) in [5.74, 6) is 2.15. The van der Waals surface area contributed by atoms with Crippen LogP contribution in [0.4, 0.5) is 5.82 Å². The molecule has 1 N–H and O–H groups in total. The smallest absolute Gasteiger partial charge is 0.259 e. The highest BCUT2D eigenvalue weighted by atomic mass is 16.5. The third kappa shape index (κ3) is 3.61. The first-order valence-electron chi connectivity index (χ1n) is 7.60. The van der Waals surface area contributed by atoms with Crippen LogP contribution in [0.15, 0.2) is 22.9 Å². The number of anilines is 1. The number of ether oxygens (including phenoxy) is 1. The minimum atomic E-state index is 0.502. The van der Waals surface area contributed by atoms with E-state index in [4.69, 9.17) is 9.26 Å². The van der Waals surface area contributed by atoms with Crippen LogP contribution in [0.5, 0.6) is 0 Å². The van der Waals surface area contributed by atoms with Crippen molar-refractivity contribution in [2.45, 2.75) is 12.8 Å². The molecule has 0 spiro atoms. The predicted molar refractivity (Wildman–Crippen MR) is 82.8 cm³/mol. The molecular weight excluding hydrogens is 282 g/mol. The average molecular weight is 303 g/mol. The summed E-state index contributed by atoms with van der Waals surface area (Å²) in [5, 5.41) is 7.33. The average Bonchev–Trinajstić information content (AvgIpc) is 2.86. The molecule has 1 aliphatic rings. The fraction of sp³-hybridized carbons (Fsp3) is 0.533. The summed E-state index contributed by atoms with van der Waals surface area (Å²) in [6, 6.07) is 3.99. The standard InChI is InChI=1S/C15H21N5O2/c1-21-10-5-13-18-15(22-19-13)12-3-4-14(17-11-12)20-8-2-6-16-7-9-20/h3-4,11,16H,2,5-10H2,1H3. The van der Waals surface area contributed by atoms with E-state index in [1.165, 1.54) is 0 Å². The Kier molecular flexibility index (Phi) is 4.97. The summed E-state index contributed by atoms with van der Waals surface area (Å²) in [7, 11) is 1.65. The number of methoxy groups -OCH3 is 1. The molecule has 0 unspecified atom stereocenters. The molecule has 118 valence electrons. The molecule has 0 radical (unpaired) electrons. The van der Waals surface area contributed by atoms with Gasteiger partial charge in [0.25, 0.3) is 5.89 Å². The Labute approximate surface area is 129 Å². The molecule has 0 amide bonds. The second-order valence-corrected chi connectivity index (χ2v) is 5.25. The van der Waals surface area contributed by atoms with Gasteiger partial charge in [-0.2, -0.15) is 4.98 Å². The van der Waals surface area contributed by atoms with Gasteiger partial charge >= 0.3 is 0 Å². The molecule has 22 heavy (non-hydrogen) atoms. The van der Waals surface area contributed by atoms with Gasteiger partial charge in [-0.15, -0.1) is 0 Å². The molecule has 1 aliphatic heterocycles. The van der Waals surface area contributed by atoms with Gasteiger partial charge in [0.15, 0.2) is 5.82 Å². The molecule has 7 heteroatoms. The van der Waals surface area contributed by atoms with E-state index in [1.807, 2.05) is 12.1 Å². The van der Waals surface area contributed by atoms with Crippen LogP contribution < -0.4 is 10.2 Å². The van der Waals surface area contributed by atoms with E-state index in [9.17, 15) is 0 Å². The van der Waals surface area contributed by atoms with Gasteiger partial charge in [-0.1, -0.05) is 5.16 Å². The summed E-state index contributed by atoms with van der Waals surface area (Å²) in [6.45, 7) is 4.66. The van der Waals surface area contributed by atoms with Gasteiger partial charge in [-0.05, 0) is 25.1 Å². The SMILES string of the molecule is COCCc1noc(-c2ccc(N3CCCNCC3)nc2)n1. The van der Waals surface area contributed by atoms with E-state index in [1.54, 1.807) is 13.3 Å². The van der Waals surface area contributed by atoms with Gasteiger partial charge < -0.3 is 19.5 Å². The molecule has 0 aromatic carbocycles. The molecule has 0 atom stereocenters. The van der Waals surface area contributed by atoms with E-state index >= 15 is 0 Å². The van der Waals surface area contributed by atoms with Crippen LogP contribution in [-0.2, 0) is 11.2 Å². The van der Waals surface area contributed by atoms with Crippen LogP contribution in [0.1, 0.15) is 12.2 Å². The molecule has 0 bridgehead atoms. The Morgan fingerprint density at radius 1 is 1.32 bits per heavy atom. The number of hydrogen-bond acceptors (Lipinski definition) is 7. The number of nitrogens with one attached hydrogen (secondary N) is 1. The van der Waals surface area contributed by atoms with Gasteiger partial charge in [0.2, 0.25) is 0 Å². The van der Waals surface area contributed by atoms with Crippen LogP contribution >= 0.6 is 0 Å². The van der Waals surface area contributed by atoms with Crippen molar-refractivity contribution in [3.63, 3.8) is 0 Å². The predicted octanol–water partition coefficient (Wildman–Crippen LogP) is 1.12. The number of aromatic nitrogens is 3. The van der Waals surface area contributed by atoms with Gasteiger partial charge in [0, 0.05) is 39.4 Å². The van der Waals surface area contributed by atoms with Crippen LogP contribution in [0.25, 0.3) is 11.5 Å². The van der Waals surface area contributed by atoms with E-state index in [2.05, 4.69) is 25.3 Å². The fourth-order valence-corrected chi connectivity index (χ4v) is 2.44. The third-order valence-electron chi connectivity index (χ3n) is 3.66. The summed E-state index contributed by atoms with van der Waals surface area (Å²) in [4.78, 5) is 11.2. The Bertz CT molecular complexity index is 576. The zero-order valence-corrected chi connectivity index (χ0v) is 12.8. The zero-order valence-electron chi connectivity index (χ0n) is 12.8. The fourth-order valence-electron chi connectivity index (χ4n) is 2.44. The molecule has 1 saturated heterocycles. The van der Waals surface area contributed by atoms with Crippen molar-refractivity contribution >= 4 is 5.82 Å². The highest BCUT2D eigenvalue weighted by Gasteiger charge is 2.13. The molecule has 7 nitrogen and oxygen atoms in total. The van der Waals surface area contributed by atoms with E-state index in [0.29, 0.717) is 24.7 Å². The monoisotopic (exact) mass is 303 g/mol. The van der Waals surface area contributed by atoms with Crippen molar-refractivity contribution in [3.8, 4) is 11.5 Å². The van der Waals surface area contributed by atoms with Gasteiger partial charge in [-0.25, -0.2) is 4.98 Å². The minimum Gasteiger partial charge on any atom is -0.384 e. The van der Waals surface area contributed by atoms with Gasteiger partial charge in [0.05, 0.1) is 12.2 Å². The van der Waals surface area contributed by atoms with E-state index in [-0.39, 0.29) is 0 Å². The maximum absolute atomic E-state index is 5.27. The summed E-state index contributed by atoms with van der Waals surface area (Å²) in [5.41, 5.74) is 0.841. The minimum absolute atomic E-state index is 0.502. The van der Waals surface area contributed by atoms with E-state index < -0.39 is 0 Å². The largest absolute Gasteiger partial charge is 0.384 e. The number of pyridine rings is 1. The number of nitrogens with zero attached hydrogens (tertiary/aromatic N) is 4. The maximum Gasteiger partial charge on any atom is 0.259 e. The first-order chi connectivity index (χ1) is 10.9. The summed E-state index contributed by atoms with van der Waals surface area (Å²) in [6.07, 6.45) is 3.57. The topological polar surface area (TPSA) is 76.3 Å².